The van der Waals surface area contributed by atoms with Crippen LogP contribution in [0.25, 0.3) is 0 Å². The standard InChI is InChI=1S/C26H26N2O6/c27-24(30)19-12-11-16(14-28-19)13-20-22-23(34-25(31-20)17-7-3-1-4-8-17)21(15-29)32-26(33-22)18-9-5-2-6-10-18/h1-12,14,20-23,25-26,29H,13,15H2,(H2,27,30). The van der Waals surface area contributed by atoms with Crippen molar-refractivity contribution in [1.82, 2.24) is 4.98 Å². The van der Waals surface area contributed by atoms with E-state index in [2.05, 4.69) is 4.98 Å². The summed E-state index contributed by atoms with van der Waals surface area (Å²) >= 11 is 0. The summed E-state index contributed by atoms with van der Waals surface area (Å²) in [6.07, 6.45) is -1.33. The molecule has 3 aromatic rings. The van der Waals surface area contributed by atoms with Gasteiger partial charge in [-0.3, -0.25) is 9.78 Å². The molecule has 3 heterocycles. The predicted octanol–water partition coefficient (Wildman–Crippen LogP) is 2.68. The number of nitrogens with two attached hydrogens (primary N) is 1. The lowest BCUT2D eigenvalue weighted by Crippen LogP contribution is -2.59. The van der Waals surface area contributed by atoms with Crippen molar-refractivity contribution >= 4 is 5.91 Å². The molecular formula is C26H26N2O6. The minimum atomic E-state index is -0.669. The first kappa shape index (κ1) is 22.6. The van der Waals surface area contributed by atoms with Crippen LogP contribution in [0.1, 0.15) is 39.8 Å². The second kappa shape index (κ2) is 10.0. The number of pyridine rings is 1. The van der Waals surface area contributed by atoms with Gasteiger partial charge in [0, 0.05) is 23.7 Å². The number of carbonyl (C=O) groups excluding carboxylic acids is 1. The van der Waals surface area contributed by atoms with Crippen LogP contribution in [-0.4, -0.2) is 47.0 Å². The molecule has 2 fully saturated rings. The van der Waals surface area contributed by atoms with Crippen LogP contribution in [0.15, 0.2) is 79.0 Å². The van der Waals surface area contributed by atoms with Crippen LogP contribution in [0.3, 0.4) is 0 Å². The van der Waals surface area contributed by atoms with Gasteiger partial charge in [-0.25, -0.2) is 0 Å². The lowest BCUT2D eigenvalue weighted by Gasteiger charge is -2.49. The van der Waals surface area contributed by atoms with Gasteiger partial charge in [-0.15, -0.1) is 0 Å². The van der Waals surface area contributed by atoms with Crippen molar-refractivity contribution in [3.8, 4) is 0 Å². The molecule has 176 valence electrons. The highest BCUT2D eigenvalue weighted by Crippen LogP contribution is 2.41. The molecular weight excluding hydrogens is 436 g/mol. The van der Waals surface area contributed by atoms with Gasteiger partial charge in [0.15, 0.2) is 12.6 Å². The maximum absolute atomic E-state index is 11.4. The van der Waals surface area contributed by atoms with Crippen molar-refractivity contribution in [3.63, 3.8) is 0 Å². The Bertz CT molecular complexity index is 1100. The highest BCUT2D eigenvalue weighted by Gasteiger charge is 2.50. The van der Waals surface area contributed by atoms with Crippen LogP contribution in [0.2, 0.25) is 0 Å². The zero-order valence-corrected chi connectivity index (χ0v) is 18.4. The number of amides is 1. The highest BCUT2D eigenvalue weighted by molar-refractivity contribution is 5.90. The van der Waals surface area contributed by atoms with Crippen LogP contribution in [0.4, 0.5) is 0 Å². The summed E-state index contributed by atoms with van der Waals surface area (Å²) in [6, 6.07) is 22.6. The molecule has 2 aromatic carbocycles. The summed E-state index contributed by atoms with van der Waals surface area (Å²) in [5, 5.41) is 10.2. The van der Waals surface area contributed by atoms with Crippen LogP contribution >= 0.6 is 0 Å². The van der Waals surface area contributed by atoms with E-state index in [1.165, 1.54) is 0 Å². The summed E-state index contributed by atoms with van der Waals surface area (Å²) < 4.78 is 25.1. The van der Waals surface area contributed by atoms with Crippen molar-refractivity contribution in [2.75, 3.05) is 6.61 Å². The Morgan fingerprint density at radius 3 is 1.85 bits per heavy atom. The Balaban J connectivity index is 1.45. The van der Waals surface area contributed by atoms with Gasteiger partial charge in [-0.1, -0.05) is 66.7 Å². The molecule has 1 aromatic heterocycles. The molecule has 8 heteroatoms. The Hall–Kier alpha value is -3.14. The number of primary amides is 1. The maximum atomic E-state index is 11.4. The second-order valence-corrected chi connectivity index (χ2v) is 8.34. The van der Waals surface area contributed by atoms with Crippen molar-refractivity contribution < 1.29 is 28.8 Å². The van der Waals surface area contributed by atoms with Gasteiger partial charge in [-0.2, -0.15) is 0 Å². The van der Waals surface area contributed by atoms with Crippen molar-refractivity contribution in [2.24, 2.45) is 5.73 Å². The smallest absolute Gasteiger partial charge is 0.267 e. The van der Waals surface area contributed by atoms with E-state index in [4.69, 9.17) is 24.7 Å². The van der Waals surface area contributed by atoms with Crippen molar-refractivity contribution in [3.05, 3.63) is 101 Å². The molecule has 2 aliphatic heterocycles. The zero-order valence-electron chi connectivity index (χ0n) is 18.4. The van der Waals surface area contributed by atoms with Gasteiger partial charge >= 0.3 is 0 Å². The molecule has 34 heavy (non-hydrogen) atoms. The van der Waals surface area contributed by atoms with Crippen LogP contribution in [0, 0.1) is 0 Å². The molecule has 3 N–H and O–H groups in total. The molecule has 2 aliphatic rings. The predicted molar refractivity (Wildman–Crippen MR) is 121 cm³/mol. The Morgan fingerprint density at radius 2 is 1.35 bits per heavy atom. The maximum Gasteiger partial charge on any atom is 0.267 e. The first-order valence-corrected chi connectivity index (χ1v) is 11.2. The molecule has 0 bridgehead atoms. The Kier molecular flexibility index (Phi) is 6.66. The monoisotopic (exact) mass is 462 g/mol. The average molecular weight is 463 g/mol. The number of hydrogen-bond donors (Lipinski definition) is 2. The minimum absolute atomic E-state index is 0.198. The molecule has 5 rings (SSSR count). The van der Waals surface area contributed by atoms with E-state index in [-0.39, 0.29) is 12.3 Å². The first-order chi connectivity index (χ1) is 16.6. The minimum Gasteiger partial charge on any atom is -0.394 e. The molecule has 2 saturated heterocycles. The zero-order chi connectivity index (χ0) is 23.5. The van der Waals surface area contributed by atoms with Crippen LogP contribution in [0.5, 0.6) is 0 Å². The summed E-state index contributed by atoms with van der Waals surface area (Å²) in [6.45, 7) is -0.225. The van der Waals surface area contributed by atoms with Crippen molar-refractivity contribution in [2.45, 2.75) is 43.4 Å². The fourth-order valence-electron chi connectivity index (χ4n) is 4.34. The third kappa shape index (κ3) is 4.72. The van der Waals surface area contributed by atoms with E-state index in [0.29, 0.717) is 6.42 Å². The summed E-state index contributed by atoms with van der Waals surface area (Å²) in [5.41, 5.74) is 8.07. The van der Waals surface area contributed by atoms with Crippen LogP contribution < -0.4 is 5.73 Å². The quantitative estimate of drug-likeness (QED) is 0.579. The fraction of sp³-hybridized carbons (Fsp3) is 0.308. The van der Waals surface area contributed by atoms with E-state index in [1.807, 2.05) is 60.7 Å². The SMILES string of the molecule is NC(=O)c1ccc(CC2OC(c3ccccc3)OC3C(CO)OC(c4ccccc4)OC23)cn1. The van der Waals surface area contributed by atoms with Crippen LogP contribution in [-0.2, 0) is 25.4 Å². The number of aliphatic hydroxyl groups excluding tert-OH is 1. The van der Waals surface area contributed by atoms with E-state index in [0.717, 1.165) is 16.7 Å². The molecule has 1 amide bonds. The van der Waals surface area contributed by atoms with E-state index >= 15 is 0 Å². The number of benzene rings is 2. The number of carbonyl (C=O) groups is 1. The third-order valence-electron chi connectivity index (χ3n) is 6.05. The van der Waals surface area contributed by atoms with Gasteiger partial charge < -0.3 is 29.8 Å². The van der Waals surface area contributed by atoms with E-state index in [1.54, 1.807) is 18.3 Å². The average Bonchev–Trinajstić information content (AvgIpc) is 2.89. The highest BCUT2D eigenvalue weighted by atomic mass is 16.8. The lowest BCUT2D eigenvalue weighted by molar-refractivity contribution is -0.384. The van der Waals surface area contributed by atoms with Gasteiger partial charge in [0.2, 0.25) is 0 Å². The second-order valence-electron chi connectivity index (χ2n) is 8.34. The van der Waals surface area contributed by atoms with Crippen molar-refractivity contribution in [1.29, 1.82) is 0 Å². The van der Waals surface area contributed by atoms with Gasteiger partial charge in [-0.05, 0) is 11.6 Å². The molecule has 0 spiro atoms. The fourth-order valence-corrected chi connectivity index (χ4v) is 4.34. The number of aliphatic hydroxyl groups is 1. The number of nitrogens with zero attached hydrogens (tertiary/aromatic N) is 1. The summed E-state index contributed by atoms with van der Waals surface area (Å²) in [4.78, 5) is 15.5. The lowest BCUT2D eigenvalue weighted by atomic mass is 9.94. The summed E-state index contributed by atoms with van der Waals surface area (Å²) in [5.74, 6) is -0.581. The number of rotatable bonds is 6. The third-order valence-corrected chi connectivity index (χ3v) is 6.05. The van der Waals surface area contributed by atoms with Gasteiger partial charge in [0.25, 0.3) is 5.91 Å². The van der Waals surface area contributed by atoms with Gasteiger partial charge in [0.1, 0.15) is 24.0 Å². The Labute approximate surface area is 197 Å². The molecule has 0 radical (unpaired) electrons. The topological polar surface area (TPSA) is 113 Å². The van der Waals surface area contributed by atoms with Gasteiger partial charge in [0.05, 0.1) is 12.7 Å². The molecule has 6 unspecified atom stereocenters. The summed E-state index contributed by atoms with van der Waals surface area (Å²) in [7, 11) is 0. The first-order valence-electron chi connectivity index (χ1n) is 11.2. The van der Waals surface area contributed by atoms with E-state index in [9.17, 15) is 9.90 Å². The molecule has 8 nitrogen and oxygen atoms in total. The van der Waals surface area contributed by atoms with E-state index < -0.39 is 42.9 Å². The number of aromatic nitrogens is 1. The Morgan fingerprint density at radius 1 is 0.794 bits per heavy atom. The molecule has 0 aliphatic carbocycles. The number of hydrogen-bond acceptors (Lipinski definition) is 7. The molecule has 0 saturated carbocycles. The largest absolute Gasteiger partial charge is 0.394 e. The normalized spacial score (nSPS) is 28.7. The number of fused-ring (bicyclic) bond motifs is 1. The number of ether oxygens (including phenoxy) is 4. The molecule has 6 atom stereocenters.